The molecule has 0 amide bonds. The number of nitro benzene ring substituents is 1. The third-order valence-electron chi connectivity index (χ3n) is 5.40. The van der Waals surface area contributed by atoms with Gasteiger partial charge in [-0.1, -0.05) is 6.07 Å². The summed E-state index contributed by atoms with van der Waals surface area (Å²) in [6.45, 7) is 7.91. The van der Waals surface area contributed by atoms with Gasteiger partial charge in [0, 0.05) is 30.9 Å². The van der Waals surface area contributed by atoms with Crippen LogP contribution < -0.4 is 9.64 Å². The van der Waals surface area contributed by atoms with Crippen molar-refractivity contribution in [2.24, 2.45) is 20.5 Å². The van der Waals surface area contributed by atoms with Gasteiger partial charge in [0.25, 0.3) is 5.69 Å². The molecule has 0 N–H and O–H groups in total. The SMILES string of the molecule is COc1cc(/N=N/c2ccc(C)cc2[N+](=O)[O-])c(C)cc1/N=N/c1ccc(N(C)C(C)C)cc1. The zero-order chi connectivity index (χ0) is 24.8. The molecule has 0 aliphatic heterocycles. The standard InChI is InChI=1S/C25H28N6O3/c1-16(2)30(5)20-10-8-19(9-11-20)26-29-23-14-18(4)22(15-25(23)34-6)28-27-21-12-7-17(3)13-24(21)31(32)33/h7-16H,1-6H3/b28-27+,29-26+. The predicted molar refractivity (Wildman–Crippen MR) is 134 cm³/mol. The largest absolute Gasteiger partial charge is 0.494 e. The monoisotopic (exact) mass is 460 g/mol. The van der Waals surface area contributed by atoms with E-state index in [0.29, 0.717) is 23.2 Å². The lowest BCUT2D eigenvalue weighted by molar-refractivity contribution is -0.384. The van der Waals surface area contributed by atoms with Gasteiger partial charge >= 0.3 is 0 Å². The molecule has 0 bridgehead atoms. The molecule has 0 saturated carbocycles. The Labute approximate surface area is 199 Å². The maximum Gasteiger partial charge on any atom is 0.296 e. The second-order valence-corrected chi connectivity index (χ2v) is 8.18. The summed E-state index contributed by atoms with van der Waals surface area (Å²) in [7, 11) is 3.58. The molecule has 0 heterocycles. The highest BCUT2D eigenvalue weighted by Gasteiger charge is 2.14. The first-order valence-electron chi connectivity index (χ1n) is 10.8. The molecule has 0 spiro atoms. The molecule has 176 valence electrons. The van der Waals surface area contributed by atoms with Crippen molar-refractivity contribution in [1.82, 2.24) is 0 Å². The van der Waals surface area contributed by atoms with Crippen LogP contribution in [0.5, 0.6) is 5.75 Å². The quantitative estimate of drug-likeness (QED) is 0.193. The number of aryl methyl sites for hydroxylation is 2. The van der Waals surface area contributed by atoms with Crippen molar-refractivity contribution >= 4 is 34.1 Å². The molecular weight excluding hydrogens is 432 g/mol. The first-order chi connectivity index (χ1) is 16.2. The minimum Gasteiger partial charge on any atom is -0.494 e. The fourth-order valence-electron chi connectivity index (χ4n) is 3.15. The topological polar surface area (TPSA) is 105 Å². The number of benzene rings is 3. The first-order valence-corrected chi connectivity index (χ1v) is 10.8. The number of nitrogens with zero attached hydrogens (tertiary/aromatic N) is 6. The molecule has 0 aliphatic rings. The van der Waals surface area contributed by atoms with E-state index >= 15 is 0 Å². The van der Waals surface area contributed by atoms with Crippen LogP contribution in [-0.2, 0) is 0 Å². The maximum atomic E-state index is 11.3. The number of rotatable bonds is 8. The molecule has 0 saturated heterocycles. The lowest BCUT2D eigenvalue weighted by Gasteiger charge is -2.23. The molecule has 9 nitrogen and oxygen atoms in total. The zero-order valence-electron chi connectivity index (χ0n) is 20.2. The highest BCUT2D eigenvalue weighted by atomic mass is 16.6. The van der Waals surface area contributed by atoms with Crippen LogP contribution in [0.15, 0.2) is 75.1 Å². The summed E-state index contributed by atoms with van der Waals surface area (Å²) in [5, 5.41) is 28.3. The summed E-state index contributed by atoms with van der Waals surface area (Å²) in [5.74, 6) is 0.470. The van der Waals surface area contributed by atoms with Crippen molar-refractivity contribution in [2.45, 2.75) is 33.7 Å². The molecule has 0 radical (unpaired) electrons. The van der Waals surface area contributed by atoms with Gasteiger partial charge in [-0.15, -0.1) is 15.3 Å². The Kier molecular flexibility index (Phi) is 7.68. The third kappa shape index (κ3) is 5.80. The van der Waals surface area contributed by atoms with Crippen LogP contribution in [0.1, 0.15) is 25.0 Å². The summed E-state index contributed by atoms with van der Waals surface area (Å²) < 4.78 is 5.47. The highest BCUT2D eigenvalue weighted by Crippen LogP contribution is 2.37. The van der Waals surface area contributed by atoms with E-state index in [4.69, 9.17) is 4.74 Å². The number of nitro groups is 1. The average molecular weight is 461 g/mol. The van der Waals surface area contributed by atoms with Gasteiger partial charge < -0.3 is 9.64 Å². The van der Waals surface area contributed by atoms with Crippen LogP contribution in [0, 0.1) is 24.0 Å². The van der Waals surface area contributed by atoms with Crippen molar-refractivity contribution in [1.29, 1.82) is 0 Å². The molecule has 9 heteroatoms. The van der Waals surface area contributed by atoms with Gasteiger partial charge in [0.2, 0.25) is 0 Å². The lowest BCUT2D eigenvalue weighted by atomic mass is 10.1. The molecule has 34 heavy (non-hydrogen) atoms. The van der Waals surface area contributed by atoms with E-state index in [0.717, 1.165) is 22.5 Å². The van der Waals surface area contributed by atoms with Crippen molar-refractivity contribution < 1.29 is 9.66 Å². The maximum absolute atomic E-state index is 11.3. The third-order valence-corrected chi connectivity index (χ3v) is 5.40. The molecular formula is C25H28N6O3. The molecule has 3 aromatic carbocycles. The van der Waals surface area contributed by atoms with Crippen LogP contribution in [0.2, 0.25) is 0 Å². The van der Waals surface area contributed by atoms with Gasteiger partial charge in [0.15, 0.2) is 5.69 Å². The predicted octanol–water partition coefficient (Wildman–Crippen LogP) is 7.90. The van der Waals surface area contributed by atoms with Gasteiger partial charge in [-0.2, -0.15) is 5.11 Å². The molecule has 3 aromatic rings. The molecule has 0 aliphatic carbocycles. The number of ether oxygens (including phenoxy) is 1. The Hall–Kier alpha value is -4.14. The van der Waals surface area contributed by atoms with E-state index in [1.54, 1.807) is 31.2 Å². The number of methoxy groups -OCH3 is 1. The van der Waals surface area contributed by atoms with Gasteiger partial charge in [-0.3, -0.25) is 10.1 Å². The lowest BCUT2D eigenvalue weighted by Crippen LogP contribution is -2.25. The second-order valence-electron chi connectivity index (χ2n) is 8.18. The highest BCUT2D eigenvalue weighted by molar-refractivity contribution is 5.64. The fraction of sp³-hybridized carbons (Fsp3) is 0.280. The average Bonchev–Trinajstić information content (AvgIpc) is 2.82. The summed E-state index contributed by atoms with van der Waals surface area (Å²) in [6.07, 6.45) is 0. The van der Waals surface area contributed by atoms with E-state index < -0.39 is 4.92 Å². The Morgan fingerprint density at radius 3 is 2.15 bits per heavy atom. The van der Waals surface area contributed by atoms with Gasteiger partial charge in [-0.25, -0.2) is 0 Å². The fourth-order valence-corrected chi connectivity index (χ4v) is 3.15. The van der Waals surface area contributed by atoms with Crippen LogP contribution in [0.4, 0.5) is 34.1 Å². The Bertz CT molecular complexity index is 1240. The zero-order valence-corrected chi connectivity index (χ0v) is 20.2. The van der Waals surface area contributed by atoms with Crippen LogP contribution >= 0.6 is 0 Å². The molecule has 0 atom stereocenters. The van der Waals surface area contributed by atoms with E-state index in [-0.39, 0.29) is 11.4 Å². The molecule has 0 unspecified atom stereocenters. The minimum absolute atomic E-state index is 0.0932. The summed E-state index contributed by atoms with van der Waals surface area (Å²) in [5.41, 5.74) is 4.54. The first kappa shape index (κ1) is 24.5. The van der Waals surface area contributed by atoms with Crippen molar-refractivity contribution in [3.8, 4) is 5.75 Å². The summed E-state index contributed by atoms with van der Waals surface area (Å²) >= 11 is 0. The summed E-state index contributed by atoms with van der Waals surface area (Å²) in [6, 6.07) is 16.5. The molecule has 0 fully saturated rings. The van der Waals surface area contributed by atoms with Crippen LogP contribution in [0.25, 0.3) is 0 Å². The Morgan fingerprint density at radius 2 is 1.53 bits per heavy atom. The smallest absolute Gasteiger partial charge is 0.296 e. The number of azo groups is 2. The van der Waals surface area contributed by atoms with Gasteiger partial charge in [-0.05, 0) is 75.2 Å². The normalized spacial score (nSPS) is 11.5. The number of hydrogen-bond donors (Lipinski definition) is 0. The van der Waals surface area contributed by atoms with Crippen molar-refractivity contribution in [3.63, 3.8) is 0 Å². The van der Waals surface area contributed by atoms with Gasteiger partial charge in [0.05, 0.1) is 23.4 Å². The Morgan fingerprint density at radius 1 is 0.882 bits per heavy atom. The van der Waals surface area contributed by atoms with Crippen LogP contribution in [-0.4, -0.2) is 25.1 Å². The Balaban J connectivity index is 1.85. The second kappa shape index (κ2) is 10.7. The number of anilines is 1. The van der Waals surface area contributed by atoms with Crippen molar-refractivity contribution in [2.75, 3.05) is 19.1 Å². The van der Waals surface area contributed by atoms with Crippen molar-refractivity contribution in [3.05, 3.63) is 75.8 Å². The van der Waals surface area contributed by atoms with E-state index in [1.807, 2.05) is 38.2 Å². The van der Waals surface area contributed by atoms with E-state index in [1.165, 1.54) is 13.2 Å². The summed E-state index contributed by atoms with van der Waals surface area (Å²) in [4.78, 5) is 13.0. The van der Waals surface area contributed by atoms with Crippen LogP contribution in [0.3, 0.4) is 0 Å². The molecule has 3 rings (SSSR count). The van der Waals surface area contributed by atoms with E-state index in [9.17, 15) is 10.1 Å². The van der Waals surface area contributed by atoms with E-state index in [2.05, 4.69) is 39.2 Å². The minimum atomic E-state index is -0.467. The number of hydrogen-bond acceptors (Lipinski definition) is 8. The van der Waals surface area contributed by atoms with Gasteiger partial charge in [0.1, 0.15) is 11.4 Å². The molecule has 0 aromatic heterocycles.